The van der Waals surface area contributed by atoms with Gasteiger partial charge >= 0.3 is 5.97 Å². The van der Waals surface area contributed by atoms with E-state index in [0.29, 0.717) is 34.0 Å². The zero-order valence-corrected chi connectivity index (χ0v) is 18.3. The van der Waals surface area contributed by atoms with E-state index in [2.05, 4.69) is 24.8 Å². The number of aromatic nitrogens is 4. The molecule has 0 saturated carbocycles. The standard InChI is InChI=1S/C13H18Cl2N2O2.C5H5N5S/c14-5-7-17(8-6-15)11-3-1-10(2-4-11)9-12(16)13(18)19;6-5-9-3-2(4(11)10-5)7-1-8-3/h1-4,12H,5-9,16H2,(H,18,19);1H,(H4,6,7,8,9,10,11)/t12-;/m0./s1. The number of benzene rings is 1. The molecule has 2 heterocycles. The molecule has 0 radical (unpaired) electrons. The van der Waals surface area contributed by atoms with E-state index in [4.69, 9.17) is 52.0 Å². The fraction of sp³-hybridized carbons (Fsp3) is 0.333. The number of imidazole rings is 1. The van der Waals surface area contributed by atoms with E-state index >= 15 is 0 Å². The molecule has 3 aromatic rings. The van der Waals surface area contributed by atoms with Crippen LogP contribution in [-0.2, 0) is 11.2 Å². The predicted molar refractivity (Wildman–Crippen MR) is 123 cm³/mol. The Labute approximate surface area is 188 Å². The van der Waals surface area contributed by atoms with Gasteiger partial charge in [0.2, 0.25) is 5.95 Å². The number of carboxylic acid groups (broad SMARTS) is 1. The van der Waals surface area contributed by atoms with Crippen molar-refractivity contribution in [2.24, 2.45) is 5.73 Å². The van der Waals surface area contributed by atoms with Crippen LogP contribution in [0.3, 0.4) is 0 Å². The Balaban J connectivity index is 0.000000244. The van der Waals surface area contributed by atoms with Gasteiger partial charge in [0.15, 0.2) is 10.3 Å². The quantitative estimate of drug-likeness (QED) is 0.248. The molecule has 0 saturated heterocycles. The number of nitrogens with one attached hydrogen (secondary N) is 2. The Bertz CT molecular complexity index is 1000. The number of H-pyrrole nitrogens is 2. The summed E-state index contributed by atoms with van der Waals surface area (Å²) < 4.78 is 0.439. The van der Waals surface area contributed by atoms with Gasteiger partial charge in [-0.25, -0.2) is 9.97 Å². The van der Waals surface area contributed by atoms with Crippen LogP contribution in [0, 0.1) is 4.64 Å². The molecular weight excluding hydrogens is 449 g/mol. The van der Waals surface area contributed by atoms with Gasteiger partial charge in [0, 0.05) is 30.5 Å². The number of carbonyl (C=O) groups is 1. The first-order valence-corrected chi connectivity index (χ1v) is 10.5. The Morgan fingerprint density at radius 1 is 1.23 bits per heavy atom. The number of rotatable bonds is 8. The smallest absolute Gasteiger partial charge is 0.320 e. The third-order valence-corrected chi connectivity index (χ3v) is 4.74. The number of alkyl halides is 2. The topological polar surface area (TPSA) is 150 Å². The van der Waals surface area contributed by atoms with Gasteiger partial charge in [-0.15, -0.1) is 23.2 Å². The van der Waals surface area contributed by atoms with Crippen LogP contribution in [0.5, 0.6) is 0 Å². The summed E-state index contributed by atoms with van der Waals surface area (Å²) in [5.74, 6) is 0.356. The van der Waals surface area contributed by atoms with Crippen LogP contribution in [-0.4, -0.2) is 61.9 Å². The first kappa shape index (κ1) is 23.9. The second kappa shape index (κ2) is 11.7. The van der Waals surface area contributed by atoms with Crippen molar-refractivity contribution >= 4 is 64.2 Å². The maximum Gasteiger partial charge on any atom is 0.320 e. The van der Waals surface area contributed by atoms with Crippen LogP contribution in [0.2, 0.25) is 0 Å². The van der Waals surface area contributed by atoms with Gasteiger partial charge in [0.25, 0.3) is 0 Å². The number of hydrogen-bond donors (Lipinski definition) is 5. The molecule has 7 N–H and O–H groups in total. The average Bonchev–Trinajstić information content (AvgIpc) is 3.18. The number of aromatic amines is 2. The predicted octanol–water partition coefficient (Wildman–Crippen LogP) is 2.52. The molecule has 1 aromatic carbocycles. The van der Waals surface area contributed by atoms with Crippen molar-refractivity contribution in [2.45, 2.75) is 12.5 Å². The van der Waals surface area contributed by atoms with Gasteiger partial charge in [0.1, 0.15) is 11.6 Å². The monoisotopic (exact) mass is 471 g/mol. The van der Waals surface area contributed by atoms with E-state index < -0.39 is 12.0 Å². The summed E-state index contributed by atoms with van der Waals surface area (Å²) >= 11 is 16.4. The highest BCUT2D eigenvalue weighted by molar-refractivity contribution is 7.71. The highest BCUT2D eigenvalue weighted by atomic mass is 35.5. The maximum absolute atomic E-state index is 10.7. The van der Waals surface area contributed by atoms with Crippen LogP contribution in [0.25, 0.3) is 11.2 Å². The van der Waals surface area contributed by atoms with E-state index in [1.807, 2.05) is 24.3 Å². The summed E-state index contributed by atoms with van der Waals surface area (Å²) in [6, 6.07) is 6.76. The number of nitrogens with zero attached hydrogens (tertiary/aromatic N) is 3. The number of aliphatic carboxylic acids is 1. The van der Waals surface area contributed by atoms with Gasteiger partial charge in [-0.1, -0.05) is 24.4 Å². The summed E-state index contributed by atoms with van der Waals surface area (Å²) in [5.41, 5.74) is 14.2. The summed E-state index contributed by atoms with van der Waals surface area (Å²) in [7, 11) is 0. The van der Waals surface area contributed by atoms with Crippen molar-refractivity contribution in [1.82, 2.24) is 19.9 Å². The van der Waals surface area contributed by atoms with Crippen LogP contribution in [0.4, 0.5) is 11.6 Å². The van der Waals surface area contributed by atoms with E-state index in [9.17, 15) is 4.79 Å². The number of hydrogen-bond acceptors (Lipinski definition) is 7. The minimum absolute atomic E-state index is 0.287. The Hall–Kier alpha value is -2.40. The first-order valence-electron chi connectivity index (χ1n) is 8.98. The summed E-state index contributed by atoms with van der Waals surface area (Å²) in [6.45, 7) is 1.45. The van der Waals surface area contributed by atoms with Crippen LogP contribution < -0.4 is 16.4 Å². The molecule has 0 spiro atoms. The van der Waals surface area contributed by atoms with E-state index in [-0.39, 0.29) is 5.95 Å². The second-order valence-electron chi connectivity index (χ2n) is 6.23. The normalized spacial score (nSPS) is 11.6. The minimum Gasteiger partial charge on any atom is -0.480 e. The lowest BCUT2D eigenvalue weighted by Gasteiger charge is -2.23. The molecule has 0 bridgehead atoms. The molecule has 30 heavy (non-hydrogen) atoms. The third kappa shape index (κ3) is 6.84. The van der Waals surface area contributed by atoms with E-state index in [1.165, 1.54) is 6.33 Å². The lowest BCUT2D eigenvalue weighted by atomic mass is 10.1. The van der Waals surface area contributed by atoms with Crippen LogP contribution >= 0.6 is 35.4 Å². The van der Waals surface area contributed by atoms with Crippen molar-refractivity contribution < 1.29 is 9.90 Å². The van der Waals surface area contributed by atoms with Gasteiger partial charge in [-0.3, -0.25) is 4.79 Å². The fourth-order valence-electron chi connectivity index (χ4n) is 2.62. The molecule has 0 aliphatic heterocycles. The maximum atomic E-state index is 10.7. The number of fused-ring (bicyclic) bond motifs is 1. The van der Waals surface area contributed by atoms with Crippen LogP contribution in [0.1, 0.15) is 5.56 Å². The van der Waals surface area contributed by atoms with Gasteiger partial charge in [-0.2, -0.15) is 0 Å². The van der Waals surface area contributed by atoms with Crippen molar-refractivity contribution in [3.63, 3.8) is 0 Å². The minimum atomic E-state index is -0.991. The Morgan fingerprint density at radius 2 is 1.87 bits per heavy atom. The fourth-order valence-corrected chi connectivity index (χ4v) is 3.29. The molecule has 162 valence electrons. The van der Waals surface area contributed by atoms with E-state index in [1.54, 1.807) is 0 Å². The molecule has 2 aromatic heterocycles. The highest BCUT2D eigenvalue weighted by Gasteiger charge is 2.12. The Morgan fingerprint density at radius 3 is 2.43 bits per heavy atom. The number of nitrogen functional groups attached to an aromatic ring is 1. The zero-order valence-electron chi connectivity index (χ0n) is 16.0. The number of nitrogens with two attached hydrogens (primary N) is 2. The molecule has 0 unspecified atom stereocenters. The third-order valence-electron chi connectivity index (χ3n) is 4.10. The molecule has 3 rings (SSSR count). The molecule has 0 fully saturated rings. The van der Waals surface area contributed by atoms with Crippen molar-refractivity contribution in [2.75, 3.05) is 35.5 Å². The molecule has 0 aliphatic rings. The molecule has 12 heteroatoms. The lowest BCUT2D eigenvalue weighted by molar-refractivity contribution is -0.138. The Kier molecular flexibility index (Phi) is 9.31. The lowest BCUT2D eigenvalue weighted by Crippen LogP contribution is -2.32. The van der Waals surface area contributed by atoms with E-state index in [0.717, 1.165) is 24.3 Å². The molecule has 0 aliphatic carbocycles. The summed E-state index contributed by atoms with van der Waals surface area (Å²) in [5, 5.41) is 8.76. The van der Waals surface area contributed by atoms with Gasteiger partial charge in [0.05, 0.1) is 6.33 Å². The summed E-state index contributed by atoms with van der Waals surface area (Å²) in [6.07, 6.45) is 1.86. The first-order chi connectivity index (χ1) is 14.3. The van der Waals surface area contributed by atoms with Gasteiger partial charge in [-0.05, 0) is 24.1 Å². The highest BCUT2D eigenvalue weighted by Crippen LogP contribution is 2.16. The molecular formula is C18H23Cl2N7O2S. The largest absolute Gasteiger partial charge is 0.480 e. The number of carboxylic acids is 1. The molecule has 0 amide bonds. The second-order valence-corrected chi connectivity index (χ2v) is 7.38. The molecule has 1 atom stereocenters. The van der Waals surface area contributed by atoms with Crippen LogP contribution in [0.15, 0.2) is 30.6 Å². The average molecular weight is 472 g/mol. The zero-order chi connectivity index (χ0) is 22.1. The number of anilines is 2. The van der Waals surface area contributed by atoms with Crippen molar-refractivity contribution in [3.8, 4) is 0 Å². The number of halogens is 2. The van der Waals surface area contributed by atoms with Crippen molar-refractivity contribution in [3.05, 3.63) is 40.8 Å². The van der Waals surface area contributed by atoms with Gasteiger partial charge < -0.3 is 31.4 Å². The SMILES string of the molecule is N[C@@H](Cc1ccc(N(CCCl)CCCl)cc1)C(=O)O.Nc1nc(=S)c2[nH]cnc2[nH]1. The summed E-state index contributed by atoms with van der Waals surface area (Å²) in [4.78, 5) is 26.2. The molecule has 9 nitrogen and oxygen atoms in total. The van der Waals surface area contributed by atoms with Crippen molar-refractivity contribution in [1.29, 1.82) is 0 Å².